The van der Waals surface area contributed by atoms with Gasteiger partial charge in [-0.3, -0.25) is 0 Å². The molecule has 0 saturated heterocycles. The van der Waals surface area contributed by atoms with Crippen molar-refractivity contribution in [2.45, 2.75) is 111 Å². The van der Waals surface area contributed by atoms with Crippen LogP contribution in [0.5, 0.6) is 0 Å². The van der Waals surface area contributed by atoms with Crippen molar-refractivity contribution in [3.8, 4) is 0 Å². The van der Waals surface area contributed by atoms with Crippen molar-refractivity contribution < 1.29 is 13.3 Å². The van der Waals surface area contributed by atoms with Crippen LogP contribution in [0.2, 0.25) is 5.54 Å². The summed E-state index contributed by atoms with van der Waals surface area (Å²) in [6, 6.07) is 0. The third-order valence-electron chi connectivity index (χ3n) is 4.15. The highest BCUT2D eigenvalue weighted by atomic mass is 28.4. The Bertz CT molecular complexity index is 229. The van der Waals surface area contributed by atoms with E-state index in [-0.39, 0.29) is 18.3 Å². The Morgan fingerprint density at radius 1 is 0.667 bits per heavy atom. The molecule has 0 saturated carbocycles. The van der Waals surface area contributed by atoms with Gasteiger partial charge >= 0.3 is 8.80 Å². The predicted octanol–water partition coefficient (Wildman–Crippen LogP) is 5.56. The quantitative estimate of drug-likeness (QED) is 0.441. The Kier molecular flexibility index (Phi) is 10.8. The maximum Gasteiger partial charge on any atom is 0.504 e. The largest absolute Gasteiger partial charge is 0.504 e. The van der Waals surface area contributed by atoms with Gasteiger partial charge < -0.3 is 13.3 Å². The Balaban J connectivity index is 5.33. The molecule has 128 valence electrons. The van der Waals surface area contributed by atoms with E-state index < -0.39 is 8.80 Å². The SMILES string of the molecule is CCCC(C)[Si](OC(C)CC)(OC(C)CC)OC(C)CC. The van der Waals surface area contributed by atoms with E-state index in [0.29, 0.717) is 5.54 Å². The maximum absolute atomic E-state index is 6.44. The molecule has 0 aromatic carbocycles. The Morgan fingerprint density at radius 2 is 1.00 bits per heavy atom. The van der Waals surface area contributed by atoms with E-state index in [0.717, 1.165) is 32.1 Å². The highest BCUT2D eigenvalue weighted by molar-refractivity contribution is 6.62. The van der Waals surface area contributed by atoms with Gasteiger partial charge in [-0.2, -0.15) is 0 Å². The van der Waals surface area contributed by atoms with Gasteiger partial charge in [0.05, 0.1) is 0 Å². The lowest BCUT2D eigenvalue weighted by atomic mass is 10.3. The van der Waals surface area contributed by atoms with Gasteiger partial charge in [-0.15, -0.1) is 0 Å². The molecule has 0 aliphatic heterocycles. The van der Waals surface area contributed by atoms with Crippen LogP contribution < -0.4 is 0 Å². The van der Waals surface area contributed by atoms with Crippen LogP contribution >= 0.6 is 0 Å². The number of hydrogen-bond acceptors (Lipinski definition) is 3. The molecule has 0 aliphatic carbocycles. The minimum Gasteiger partial charge on any atom is -0.370 e. The fourth-order valence-electron chi connectivity index (χ4n) is 2.13. The second-order valence-corrected chi connectivity index (χ2v) is 9.20. The fraction of sp³-hybridized carbons (Fsp3) is 1.00. The van der Waals surface area contributed by atoms with Gasteiger partial charge in [-0.25, -0.2) is 0 Å². The smallest absolute Gasteiger partial charge is 0.370 e. The monoisotopic (exact) mass is 318 g/mol. The van der Waals surface area contributed by atoms with Crippen LogP contribution in [0.25, 0.3) is 0 Å². The molecule has 0 radical (unpaired) electrons. The Morgan fingerprint density at radius 3 is 1.24 bits per heavy atom. The minimum atomic E-state index is -2.67. The highest BCUT2D eigenvalue weighted by Gasteiger charge is 2.49. The lowest BCUT2D eigenvalue weighted by molar-refractivity contribution is -0.0180. The van der Waals surface area contributed by atoms with Gasteiger partial charge in [0.15, 0.2) is 0 Å². The van der Waals surface area contributed by atoms with E-state index in [9.17, 15) is 0 Å². The summed E-state index contributed by atoms with van der Waals surface area (Å²) in [7, 11) is -2.67. The van der Waals surface area contributed by atoms with Crippen molar-refractivity contribution in [2.24, 2.45) is 0 Å². The zero-order valence-electron chi connectivity index (χ0n) is 15.6. The van der Waals surface area contributed by atoms with Crippen LogP contribution in [0.1, 0.15) is 87.5 Å². The third kappa shape index (κ3) is 7.27. The van der Waals surface area contributed by atoms with Crippen LogP contribution in [-0.2, 0) is 13.3 Å². The van der Waals surface area contributed by atoms with Gasteiger partial charge in [0.1, 0.15) is 0 Å². The molecule has 0 amide bonds. The average Bonchev–Trinajstić information content (AvgIpc) is 2.46. The van der Waals surface area contributed by atoms with Crippen LogP contribution in [0.4, 0.5) is 0 Å². The standard InChI is InChI=1S/C17H38O3Si/c1-9-13-17(8)21(18-14(5)10-2,19-15(6)11-3)20-16(7)12-4/h14-17H,9-13H2,1-8H3. The minimum absolute atomic E-state index is 0.184. The highest BCUT2D eigenvalue weighted by Crippen LogP contribution is 2.34. The van der Waals surface area contributed by atoms with Gasteiger partial charge in [-0.05, 0) is 46.5 Å². The van der Waals surface area contributed by atoms with E-state index >= 15 is 0 Å². The van der Waals surface area contributed by atoms with Crippen molar-refractivity contribution >= 4 is 8.80 Å². The lowest BCUT2D eigenvalue weighted by Crippen LogP contribution is -2.54. The van der Waals surface area contributed by atoms with Crippen molar-refractivity contribution in [3.63, 3.8) is 0 Å². The zero-order chi connectivity index (χ0) is 16.5. The third-order valence-corrected chi connectivity index (χ3v) is 7.83. The van der Waals surface area contributed by atoms with Crippen LogP contribution in [0.15, 0.2) is 0 Å². The summed E-state index contributed by atoms with van der Waals surface area (Å²) in [6.07, 6.45) is 5.74. The fourth-order valence-corrected chi connectivity index (χ4v) is 5.82. The molecule has 0 fully saturated rings. The van der Waals surface area contributed by atoms with E-state index in [2.05, 4.69) is 55.4 Å². The normalized spacial score (nSPS) is 20.6. The molecular weight excluding hydrogens is 280 g/mol. The molecule has 0 heterocycles. The number of hydrogen-bond donors (Lipinski definition) is 0. The first-order valence-corrected chi connectivity index (χ1v) is 10.7. The molecule has 0 aromatic rings. The van der Waals surface area contributed by atoms with Crippen molar-refractivity contribution in [1.29, 1.82) is 0 Å². The molecule has 0 rings (SSSR count). The van der Waals surface area contributed by atoms with Gasteiger partial charge in [-0.1, -0.05) is 41.0 Å². The first-order chi connectivity index (χ1) is 9.84. The second-order valence-electron chi connectivity index (χ2n) is 6.30. The second kappa shape index (κ2) is 10.8. The van der Waals surface area contributed by atoms with Crippen molar-refractivity contribution in [2.75, 3.05) is 0 Å². The van der Waals surface area contributed by atoms with Crippen LogP contribution in [0, 0.1) is 0 Å². The predicted molar refractivity (Wildman–Crippen MR) is 92.6 cm³/mol. The Labute approximate surface area is 134 Å². The van der Waals surface area contributed by atoms with Crippen LogP contribution in [0.3, 0.4) is 0 Å². The van der Waals surface area contributed by atoms with Crippen molar-refractivity contribution in [1.82, 2.24) is 0 Å². The summed E-state index contributed by atoms with van der Waals surface area (Å²) >= 11 is 0. The summed E-state index contributed by atoms with van der Waals surface area (Å²) in [5.74, 6) is 0. The molecule has 3 nitrogen and oxygen atoms in total. The average molecular weight is 319 g/mol. The number of rotatable bonds is 12. The molecule has 0 aromatic heterocycles. The summed E-state index contributed by atoms with van der Waals surface area (Å²) in [5.41, 5.74) is 0.347. The first kappa shape index (κ1) is 21.1. The molecule has 0 spiro atoms. The van der Waals surface area contributed by atoms with Gasteiger partial charge in [0.2, 0.25) is 0 Å². The van der Waals surface area contributed by atoms with Gasteiger partial charge in [0, 0.05) is 23.9 Å². The first-order valence-electron chi connectivity index (χ1n) is 8.88. The summed E-state index contributed by atoms with van der Waals surface area (Å²) < 4.78 is 19.3. The molecular formula is C17H38O3Si. The molecule has 4 unspecified atom stereocenters. The van der Waals surface area contributed by atoms with E-state index in [1.807, 2.05) is 0 Å². The van der Waals surface area contributed by atoms with Gasteiger partial charge in [0.25, 0.3) is 0 Å². The molecule has 4 atom stereocenters. The summed E-state index contributed by atoms with van der Waals surface area (Å²) in [6.45, 7) is 17.3. The molecule has 0 aliphatic rings. The maximum atomic E-state index is 6.44. The van der Waals surface area contributed by atoms with Crippen molar-refractivity contribution in [3.05, 3.63) is 0 Å². The summed E-state index contributed by atoms with van der Waals surface area (Å²) in [4.78, 5) is 0. The molecule has 21 heavy (non-hydrogen) atoms. The van der Waals surface area contributed by atoms with E-state index in [1.54, 1.807) is 0 Å². The van der Waals surface area contributed by atoms with E-state index in [4.69, 9.17) is 13.3 Å². The zero-order valence-corrected chi connectivity index (χ0v) is 16.6. The summed E-state index contributed by atoms with van der Waals surface area (Å²) in [5, 5.41) is 0. The lowest BCUT2D eigenvalue weighted by Gasteiger charge is -2.39. The van der Waals surface area contributed by atoms with E-state index in [1.165, 1.54) is 0 Å². The molecule has 0 bridgehead atoms. The molecule has 4 heteroatoms. The topological polar surface area (TPSA) is 27.7 Å². The Hall–Kier alpha value is 0.0969. The van der Waals surface area contributed by atoms with Crippen LogP contribution in [-0.4, -0.2) is 27.1 Å². The molecule has 0 N–H and O–H groups in total.